The number of amides is 1. The van der Waals surface area contributed by atoms with Gasteiger partial charge in [-0.1, -0.05) is 51.7 Å². The largest absolute Gasteiger partial charge is 0.355 e. The summed E-state index contributed by atoms with van der Waals surface area (Å²) in [6, 6.07) is 4.11. The summed E-state index contributed by atoms with van der Waals surface area (Å²) in [4.78, 5) is 11.5. The van der Waals surface area contributed by atoms with Crippen LogP contribution in [0.25, 0.3) is 0 Å². The third kappa shape index (κ3) is 7.96. The molecule has 0 spiro atoms. The lowest BCUT2D eigenvalue weighted by molar-refractivity contribution is -0.122. The van der Waals surface area contributed by atoms with E-state index >= 15 is 0 Å². The minimum atomic E-state index is -4.07. The number of hydrogen-bond acceptors (Lipinski definition) is 3. The van der Waals surface area contributed by atoms with Gasteiger partial charge in [0.2, 0.25) is 15.9 Å². The Labute approximate surface area is 150 Å². The second-order valence-corrected chi connectivity index (χ2v) is 8.34. The van der Waals surface area contributed by atoms with Crippen molar-refractivity contribution in [2.75, 3.05) is 6.54 Å². The molecule has 0 fully saturated rings. The van der Waals surface area contributed by atoms with E-state index in [1.807, 2.05) is 0 Å². The van der Waals surface area contributed by atoms with Gasteiger partial charge in [-0.25, -0.2) is 12.8 Å². The van der Waals surface area contributed by atoms with Crippen LogP contribution in [-0.4, -0.2) is 26.9 Å². The molecular formula is C18H29FN2O3S. The summed E-state index contributed by atoms with van der Waals surface area (Å²) in [6.45, 7) is 6.34. The zero-order valence-corrected chi connectivity index (χ0v) is 16.0. The van der Waals surface area contributed by atoms with Crippen molar-refractivity contribution in [3.8, 4) is 0 Å². The number of rotatable bonds is 11. The lowest BCUT2D eigenvalue weighted by Gasteiger charge is -2.14. The Morgan fingerprint density at radius 1 is 1.08 bits per heavy atom. The molecule has 0 aromatic heterocycles. The van der Waals surface area contributed by atoms with Gasteiger partial charge < -0.3 is 5.32 Å². The first kappa shape index (κ1) is 21.6. The monoisotopic (exact) mass is 372 g/mol. The topological polar surface area (TPSA) is 75.3 Å². The van der Waals surface area contributed by atoms with Crippen LogP contribution in [0, 0.1) is 11.7 Å². The fraction of sp³-hybridized carbons (Fsp3) is 0.611. The van der Waals surface area contributed by atoms with E-state index in [1.165, 1.54) is 38.0 Å². The van der Waals surface area contributed by atoms with Crippen molar-refractivity contribution in [2.24, 2.45) is 5.92 Å². The third-order valence-corrected chi connectivity index (χ3v) is 5.43. The van der Waals surface area contributed by atoms with E-state index in [9.17, 15) is 17.6 Å². The first-order valence-corrected chi connectivity index (χ1v) is 10.3. The SMILES string of the molecule is CC(C)CCCCCCNC(=O)[C@H](C)NS(=O)(=O)c1ccccc1F. The molecule has 2 N–H and O–H groups in total. The average Bonchev–Trinajstić information content (AvgIpc) is 2.53. The molecule has 142 valence electrons. The van der Waals surface area contributed by atoms with Crippen molar-refractivity contribution < 1.29 is 17.6 Å². The van der Waals surface area contributed by atoms with Crippen LogP contribution in [0.15, 0.2) is 29.2 Å². The maximum atomic E-state index is 13.6. The number of carbonyl (C=O) groups excluding carboxylic acids is 1. The molecule has 25 heavy (non-hydrogen) atoms. The van der Waals surface area contributed by atoms with Gasteiger partial charge in [0.25, 0.3) is 0 Å². The molecule has 0 heterocycles. The molecule has 0 aliphatic rings. The van der Waals surface area contributed by atoms with Crippen molar-refractivity contribution >= 4 is 15.9 Å². The van der Waals surface area contributed by atoms with Crippen LogP contribution in [0.1, 0.15) is 52.9 Å². The highest BCUT2D eigenvalue weighted by molar-refractivity contribution is 7.89. The van der Waals surface area contributed by atoms with Crippen LogP contribution < -0.4 is 10.0 Å². The molecule has 1 rings (SSSR count). The van der Waals surface area contributed by atoms with Gasteiger partial charge in [0.1, 0.15) is 10.7 Å². The lowest BCUT2D eigenvalue weighted by Crippen LogP contribution is -2.45. The van der Waals surface area contributed by atoms with Gasteiger partial charge in [0, 0.05) is 6.54 Å². The van der Waals surface area contributed by atoms with Gasteiger partial charge in [-0.3, -0.25) is 4.79 Å². The molecule has 1 amide bonds. The molecule has 7 heteroatoms. The molecule has 0 aliphatic heterocycles. The maximum Gasteiger partial charge on any atom is 0.244 e. The fourth-order valence-electron chi connectivity index (χ4n) is 2.41. The molecule has 5 nitrogen and oxygen atoms in total. The van der Waals surface area contributed by atoms with Crippen LogP contribution >= 0.6 is 0 Å². The van der Waals surface area contributed by atoms with Gasteiger partial charge in [-0.05, 0) is 31.4 Å². The van der Waals surface area contributed by atoms with E-state index in [0.29, 0.717) is 12.5 Å². The van der Waals surface area contributed by atoms with Crippen LogP contribution in [0.3, 0.4) is 0 Å². The Hall–Kier alpha value is -1.47. The molecule has 0 bridgehead atoms. The quantitative estimate of drug-likeness (QED) is 0.586. The van der Waals surface area contributed by atoms with Crippen molar-refractivity contribution in [1.82, 2.24) is 10.0 Å². The van der Waals surface area contributed by atoms with E-state index in [1.54, 1.807) is 0 Å². The number of sulfonamides is 1. The average molecular weight is 373 g/mol. The Morgan fingerprint density at radius 3 is 2.36 bits per heavy atom. The first-order chi connectivity index (χ1) is 11.7. The van der Waals surface area contributed by atoms with E-state index in [2.05, 4.69) is 23.9 Å². The Morgan fingerprint density at radius 2 is 1.72 bits per heavy atom. The number of carbonyl (C=O) groups is 1. The number of unbranched alkanes of at least 4 members (excludes halogenated alkanes) is 3. The van der Waals surface area contributed by atoms with Crippen LogP contribution in [0.5, 0.6) is 0 Å². The van der Waals surface area contributed by atoms with Gasteiger partial charge in [-0.2, -0.15) is 4.72 Å². The Kier molecular flexibility index (Phi) is 9.06. The summed E-state index contributed by atoms with van der Waals surface area (Å²) in [7, 11) is -4.07. The van der Waals surface area contributed by atoms with Crippen molar-refractivity contribution in [1.29, 1.82) is 0 Å². The van der Waals surface area contributed by atoms with Crippen LogP contribution in [-0.2, 0) is 14.8 Å². The van der Waals surface area contributed by atoms with Gasteiger partial charge >= 0.3 is 0 Å². The summed E-state index contributed by atoms with van der Waals surface area (Å²) in [6.07, 6.45) is 5.41. The smallest absolute Gasteiger partial charge is 0.244 e. The molecule has 0 saturated heterocycles. The van der Waals surface area contributed by atoms with Crippen molar-refractivity contribution in [2.45, 2.75) is 63.8 Å². The molecule has 0 saturated carbocycles. The molecule has 0 aliphatic carbocycles. The second-order valence-electron chi connectivity index (χ2n) is 6.66. The number of halogens is 1. The number of hydrogen-bond donors (Lipinski definition) is 2. The maximum absolute atomic E-state index is 13.6. The lowest BCUT2D eigenvalue weighted by atomic mass is 10.0. The summed E-state index contributed by atoms with van der Waals surface area (Å²) < 4.78 is 40.1. The second kappa shape index (κ2) is 10.5. The van der Waals surface area contributed by atoms with Crippen LogP contribution in [0.4, 0.5) is 4.39 Å². The molecule has 0 unspecified atom stereocenters. The van der Waals surface area contributed by atoms with E-state index in [4.69, 9.17) is 0 Å². The zero-order chi connectivity index (χ0) is 18.9. The van der Waals surface area contributed by atoms with Gasteiger partial charge in [0.05, 0.1) is 6.04 Å². The summed E-state index contributed by atoms with van der Waals surface area (Å²) in [5.74, 6) is -0.547. The molecule has 1 aromatic carbocycles. The fourth-order valence-corrected chi connectivity index (χ4v) is 3.69. The van der Waals surface area contributed by atoms with Crippen molar-refractivity contribution in [3.05, 3.63) is 30.1 Å². The van der Waals surface area contributed by atoms with Gasteiger partial charge in [0.15, 0.2) is 0 Å². The number of nitrogens with one attached hydrogen (secondary N) is 2. The third-order valence-electron chi connectivity index (χ3n) is 3.86. The summed E-state index contributed by atoms with van der Waals surface area (Å²) in [5, 5.41) is 2.71. The highest BCUT2D eigenvalue weighted by Gasteiger charge is 2.24. The Balaban J connectivity index is 2.36. The normalized spacial score (nSPS) is 13.0. The Bertz CT molecular complexity index is 647. The van der Waals surface area contributed by atoms with Crippen LogP contribution in [0.2, 0.25) is 0 Å². The predicted octanol–water partition coefficient (Wildman–Crippen LogP) is 3.22. The molecular weight excluding hydrogens is 343 g/mol. The van der Waals surface area contributed by atoms with E-state index in [0.717, 1.165) is 25.3 Å². The zero-order valence-electron chi connectivity index (χ0n) is 15.2. The molecule has 1 atom stereocenters. The summed E-state index contributed by atoms with van der Waals surface area (Å²) >= 11 is 0. The number of benzene rings is 1. The molecule has 1 aromatic rings. The highest BCUT2D eigenvalue weighted by Crippen LogP contribution is 2.13. The van der Waals surface area contributed by atoms with Crippen molar-refractivity contribution in [3.63, 3.8) is 0 Å². The van der Waals surface area contributed by atoms with E-state index in [-0.39, 0.29) is 0 Å². The van der Waals surface area contributed by atoms with Gasteiger partial charge in [-0.15, -0.1) is 0 Å². The minimum absolute atomic E-state index is 0.415. The highest BCUT2D eigenvalue weighted by atomic mass is 32.2. The van der Waals surface area contributed by atoms with E-state index < -0.39 is 32.7 Å². The first-order valence-electron chi connectivity index (χ1n) is 8.78. The summed E-state index contributed by atoms with van der Waals surface area (Å²) in [5.41, 5.74) is 0. The predicted molar refractivity (Wildman–Crippen MR) is 97.1 cm³/mol. The standard InChI is InChI=1S/C18H29FN2O3S/c1-14(2)10-6-4-5-9-13-20-18(22)15(3)21-25(23,24)17-12-8-7-11-16(17)19/h7-8,11-12,14-15,21H,4-6,9-10,13H2,1-3H3,(H,20,22)/t15-/m0/s1. The molecule has 0 radical (unpaired) electrons. The minimum Gasteiger partial charge on any atom is -0.355 e.